The zero-order valence-electron chi connectivity index (χ0n) is 17.3. The molecular weight excluding hydrogens is 328 g/mol. The number of hydrogen-bond acceptors (Lipinski definition) is 4. The Morgan fingerprint density at radius 3 is 2.19 bits per heavy atom. The van der Waals surface area contributed by atoms with Gasteiger partial charge in [0.1, 0.15) is 11.5 Å². The SMILES string of the molecule is CCc1c(OC)oc(CCCCCCCCCC(C)C(C)=O)c(C)c1=O. The van der Waals surface area contributed by atoms with Gasteiger partial charge in [0.2, 0.25) is 0 Å². The van der Waals surface area contributed by atoms with Gasteiger partial charge in [-0.1, -0.05) is 52.4 Å². The molecule has 0 saturated carbocycles. The van der Waals surface area contributed by atoms with Crippen molar-refractivity contribution in [2.24, 2.45) is 5.92 Å². The van der Waals surface area contributed by atoms with E-state index in [9.17, 15) is 9.59 Å². The molecule has 0 aliphatic heterocycles. The van der Waals surface area contributed by atoms with Crippen LogP contribution in [0.2, 0.25) is 0 Å². The van der Waals surface area contributed by atoms with Crippen LogP contribution in [-0.2, 0) is 17.6 Å². The van der Waals surface area contributed by atoms with E-state index in [1.54, 1.807) is 14.0 Å². The number of rotatable bonds is 13. The van der Waals surface area contributed by atoms with Crippen LogP contribution in [0.25, 0.3) is 0 Å². The Balaban J connectivity index is 2.27. The van der Waals surface area contributed by atoms with Gasteiger partial charge in [-0.2, -0.15) is 0 Å². The highest BCUT2D eigenvalue weighted by Crippen LogP contribution is 2.21. The van der Waals surface area contributed by atoms with Crippen molar-refractivity contribution in [3.8, 4) is 5.95 Å². The summed E-state index contributed by atoms with van der Waals surface area (Å²) in [4.78, 5) is 23.5. The molecule has 4 heteroatoms. The fraction of sp³-hybridized carbons (Fsp3) is 0.727. The molecule has 0 aromatic carbocycles. The van der Waals surface area contributed by atoms with Crippen LogP contribution in [0.4, 0.5) is 0 Å². The quantitative estimate of drug-likeness (QED) is 0.439. The number of Topliss-reactive ketones (excluding diaryl/α,β-unsaturated/α-hetero) is 1. The van der Waals surface area contributed by atoms with Crippen LogP contribution >= 0.6 is 0 Å². The van der Waals surface area contributed by atoms with E-state index < -0.39 is 0 Å². The Kier molecular flexibility index (Phi) is 10.3. The van der Waals surface area contributed by atoms with Crippen LogP contribution in [0.1, 0.15) is 89.0 Å². The first kappa shape index (κ1) is 22.5. The maximum Gasteiger partial charge on any atom is 0.291 e. The van der Waals surface area contributed by atoms with E-state index in [0.29, 0.717) is 23.7 Å². The normalized spacial score (nSPS) is 12.2. The van der Waals surface area contributed by atoms with Crippen LogP contribution in [-0.4, -0.2) is 12.9 Å². The van der Waals surface area contributed by atoms with Gasteiger partial charge in [-0.15, -0.1) is 0 Å². The van der Waals surface area contributed by atoms with Crippen molar-refractivity contribution in [3.05, 3.63) is 27.1 Å². The van der Waals surface area contributed by atoms with Gasteiger partial charge in [-0.05, 0) is 33.1 Å². The number of carbonyl (C=O) groups is 1. The Hall–Kier alpha value is -1.58. The lowest BCUT2D eigenvalue weighted by atomic mass is 9.98. The second kappa shape index (κ2) is 11.9. The largest absolute Gasteiger partial charge is 0.468 e. The van der Waals surface area contributed by atoms with Crippen molar-refractivity contribution in [2.75, 3.05) is 7.11 Å². The van der Waals surface area contributed by atoms with E-state index >= 15 is 0 Å². The van der Waals surface area contributed by atoms with E-state index in [0.717, 1.165) is 43.4 Å². The fourth-order valence-corrected chi connectivity index (χ4v) is 3.23. The molecule has 0 aliphatic carbocycles. The topological polar surface area (TPSA) is 56.5 Å². The lowest BCUT2D eigenvalue weighted by Crippen LogP contribution is -2.15. The third-order valence-electron chi connectivity index (χ3n) is 5.27. The molecule has 0 saturated heterocycles. The third-order valence-corrected chi connectivity index (χ3v) is 5.27. The first-order valence-electron chi connectivity index (χ1n) is 10.1. The van der Waals surface area contributed by atoms with Gasteiger partial charge in [-0.3, -0.25) is 9.59 Å². The van der Waals surface area contributed by atoms with Gasteiger partial charge in [0.15, 0.2) is 5.43 Å². The highest BCUT2D eigenvalue weighted by Gasteiger charge is 2.15. The summed E-state index contributed by atoms with van der Waals surface area (Å²) in [6.45, 7) is 7.49. The molecule has 4 nitrogen and oxygen atoms in total. The number of hydrogen-bond donors (Lipinski definition) is 0. The predicted molar refractivity (Wildman–Crippen MR) is 106 cm³/mol. The molecule has 1 atom stereocenters. The van der Waals surface area contributed by atoms with E-state index in [4.69, 9.17) is 9.15 Å². The highest BCUT2D eigenvalue weighted by atomic mass is 16.6. The lowest BCUT2D eigenvalue weighted by molar-refractivity contribution is -0.120. The molecule has 26 heavy (non-hydrogen) atoms. The molecule has 0 radical (unpaired) electrons. The van der Waals surface area contributed by atoms with Crippen LogP contribution in [0.15, 0.2) is 9.21 Å². The summed E-state index contributed by atoms with van der Waals surface area (Å²) in [7, 11) is 1.55. The Morgan fingerprint density at radius 1 is 1.08 bits per heavy atom. The van der Waals surface area contributed by atoms with Gasteiger partial charge in [0.05, 0.1) is 12.7 Å². The molecular formula is C22H36O4. The van der Waals surface area contributed by atoms with Gasteiger partial charge >= 0.3 is 0 Å². The molecule has 148 valence electrons. The number of methoxy groups -OCH3 is 1. The second-order valence-corrected chi connectivity index (χ2v) is 7.33. The van der Waals surface area contributed by atoms with Crippen LogP contribution in [0.3, 0.4) is 0 Å². The van der Waals surface area contributed by atoms with Crippen molar-refractivity contribution in [3.63, 3.8) is 0 Å². The number of aryl methyl sites for hydroxylation is 1. The lowest BCUT2D eigenvalue weighted by Gasteiger charge is -2.10. The summed E-state index contributed by atoms with van der Waals surface area (Å²) in [6.07, 6.45) is 10.6. The minimum absolute atomic E-state index is 0.0605. The monoisotopic (exact) mass is 364 g/mol. The Bertz CT molecular complexity index is 615. The molecule has 1 rings (SSSR count). The molecule has 0 fully saturated rings. The predicted octanol–water partition coefficient (Wildman–Crippen LogP) is 5.41. The van der Waals surface area contributed by atoms with Gasteiger partial charge in [0.25, 0.3) is 5.95 Å². The van der Waals surface area contributed by atoms with E-state index in [-0.39, 0.29) is 11.3 Å². The molecule has 0 N–H and O–H groups in total. The van der Waals surface area contributed by atoms with Crippen LogP contribution < -0.4 is 10.2 Å². The first-order chi connectivity index (χ1) is 12.4. The number of carbonyl (C=O) groups excluding carboxylic acids is 1. The summed E-state index contributed by atoms with van der Waals surface area (Å²) >= 11 is 0. The van der Waals surface area contributed by atoms with Crippen molar-refractivity contribution >= 4 is 5.78 Å². The number of ketones is 1. The van der Waals surface area contributed by atoms with E-state index in [2.05, 4.69) is 0 Å². The van der Waals surface area contributed by atoms with Gasteiger partial charge in [0, 0.05) is 17.9 Å². The summed E-state index contributed by atoms with van der Waals surface area (Å²) < 4.78 is 11.1. The van der Waals surface area contributed by atoms with Crippen molar-refractivity contribution in [2.45, 2.75) is 91.9 Å². The highest BCUT2D eigenvalue weighted by molar-refractivity contribution is 5.77. The maximum atomic E-state index is 12.4. The van der Waals surface area contributed by atoms with Gasteiger partial charge < -0.3 is 9.15 Å². The standard InChI is InChI=1S/C22H36O4/c1-6-19-21(24)17(3)20(26-22(19)25-5)15-13-11-9-7-8-10-12-14-16(2)18(4)23/h16H,6-15H2,1-5H3. The molecule has 1 aromatic rings. The molecule has 0 amide bonds. The smallest absolute Gasteiger partial charge is 0.291 e. The number of ether oxygens (including phenoxy) is 1. The Labute approximate surface area is 158 Å². The molecule has 0 bridgehead atoms. The zero-order valence-corrected chi connectivity index (χ0v) is 17.3. The average molecular weight is 365 g/mol. The Morgan fingerprint density at radius 2 is 1.65 bits per heavy atom. The molecule has 1 unspecified atom stereocenters. The minimum atomic E-state index is 0.0605. The second-order valence-electron chi connectivity index (χ2n) is 7.33. The fourth-order valence-electron chi connectivity index (χ4n) is 3.23. The van der Waals surface area contributed by atoms with Crippen molar-refractivity contribution in [1.82, 2.24) is 0 Å². The summed E-state index contributed by atoms with van der Waals surface area (Å²) in [5.41, 5.74) is 1.42. The summed E-state index contributed by atoms with van der Waals surface area (Å²) in [5.74, 6) is 1.65. The molecule has 0 aliphatic rings. The first-order valence-corrected chi connectivity index (χ1v) is 10.1. The number of unbranched alkanes of at least 4 members (excludes halogenated alkanes) is 6. The molecule has 1 aromatic heterocycles. The zero-order chi connectivity index (χ0) is 19.5. The van der Waals surface area contributed by atoms with E-state index in [1.165, 1.54) is 25.7 Å². The maximum absolute atomic E-state index is 12.4. The molecule has 0 spiro atoms. The van der Waals surface area contributed by atoms with Crippen LogP contribution in [0.5, 0.6) is 5.95 Å². The third kappa shape index (κ3) is 6.97. The van der Waals surface area contributed by atoms with Crippen molar-refractivity contribution < 1.29 is 13.9 Å². The van der Waals surface area contributed by atoms with Crippen molar-refractivity contribution in [1.29, 1.82) is 0 Å². The van der Waals surface area contributed by atoms with E-state index in [1.807, 2.05) is 20.8 Å². The van der Waals surface area contributed by atoms with Crippen LogP contribution in [0, 0.1) is 12.8 Å². The molecule has 1 heterocycles. The minimum Gasteiger partial charge on any atom is -0.468 e. The summed E-state index contributed by atoms with van der Waals surface area (Å²) in [5, 5.41) is 0. The van der Waals surface area contributed by atoms with Gasteiger partial charge in [-0.25, -0.2) is 0 Å². The summed E-state index contributed by atoms with van der Waals surface area (Å²) in [6, 6.07) is 0. The average Bonchev–Trinajstić information content (AvgIpc) is 2.62.